The fourth-order valence-electron chi connectivity index (χ4n) is 1.42. The van der Waals surface area contributed by atoms with Crippen molar-refractivity contribution in [2.45, 2.75) is 13.5 Å². The van der Waals surface area contributed by atoms with Crippen molar-refractivity contribution in [2.24, 2.45) is 0 Å². The second-order valence-electron chi connectivity index (χ2n) is 3.63. The van der Waals surface area contributed by atoms with E-state index in [-0.39, 0.29) is 12.6 Å². The molecule has 1 rings (SSSR count). The Morgan fingerprint density at radius 3 is 2.65 bits per heavy atom. The number of amides is 2. The molecule has 0 fully saturated rings. The maximum Gasteiger partial charge on any atom is 0.323 e. The summed E-state index contributed by atoms with van der Waals surface area (Å²) in [5.41, 5.74) is 0. The smallest absolute Gasteiger partial charge is 0.323 e. The van der Waals surface area contributed by atoms with E-state index in [1.54, 1.807) is 25.3 Å². The first kappa shape index (κ1) is 13.5. The van der Waals surface area contributed by atoms with Gasteiger partial charge in [0.25, 0.3) is 0 Å². The van der Waals surface area contributed by atoms with E-state index >= 15 is 0 Å². The lowest BCUT2D eigenvalue weighted by Crippen LogP contribution is -2.43. The summed E-state index contributed by atoms with van der Waals surface area (Å²) >= 11 is 1.57. The average molecular weight is 256 g/mol. The molecule has 0 radical (unpaired) electrons. The lowest BCUT2D eigenvalue weighted by atomic mass is 10.4. The first-order valence-corrected chi connectivity index (χ1v) is 6.16. The quantitative estimate of drug-likeness (QED) is 0.872. The van der Waals surface area contributed by atoms with E-state index in [1.807, 2.05) is 17.5 Å². The van der Waals surface area contributed by atoms with Crippen LogP contribution in [0.2, 0.25) is 0 Å². The molecule has 0 spiro atoms. The van der Waals surface area contributed by atoms with Crippen LogP contribution in [0.5, 0.6) is 0 Å². The summed E-state index contributed by atoms with van der Waals surface area (Å²) in [5, 5.41) is 10.6. The van der Waals surface area contributed by atoms with Crippen molar-refractivity contribution < 1.29 is 14.7 Å². The Labute approximate surface area is 104 Å². The Morgan fingerprint density at radius 1 is 1.47 bits per heavy atom. The standard InChI is InChI=1S/C11H16N2O3S/c1-3-13(8-10(14)15)11(16)12(2)7-9-5-4-6-17-9/h4-6H,3,7-8H2,1-2H3,(H,14,15). The molecule has 1 aromatic rings. The molecule has 0 aromatic carbocycles. The molecule has 94 valence electrons. The van der Waals surface area contributed by atoms with E-state index in [4.69, 9.17) is 5.11 Å². The number of likely N-dealkylation sites (N-methyl/N-ethyl adjacent to an activating group) is 1. The van der Waals surface area contributed by atoms with Crippen LogP contribution in [0.15, 0.2) is 17.5 Å². The molecular formula is C11H16N2O3S. The van der Waals surface area contributed by atoms with Crippen molar-refractivity contribution in [1.29, 1.82) is 0 Å². The van der Waals surface area contributed by atoms with Gasteiger partial charge in [-0.15, -0.1) is 11.3 Å². The molecule has 0 aliphatic heterocycles. The van der Waals surface area contributed by atoms with Gasteiger partial charge in [-0.3, -0.25) is 4.79 Å². The van der Waals surface area contributed by atoms with Crippen LogP contribution in [0.25, 0.3) is 0 Å². The normalized spacial score (nSPS) is 10.0. The third-order valence-electron chi connectivity index (χ3n) is 2.28. The Hall–Kier alpha value is -1.56. The van der Waals surface area contributed by atoms with Crippen LogP contribution in [-0.4, -0.2) is 47.0 Å². The van der Waals surface area contributed by atoms with Gasteiger partial charge in [0.05, 0.1) is 6.54 Å². The fraction of sp³-hybridized carbons (Fsp3) is 0.455. The Morgan fingerprint density at radius 2 is 2.18 bits per heavy atom. The summed E-state index contributed by atoms with van der Waals surface area (Å²) < 4.78 is 0. The maximum atomic E-state index is 11.9. The zero-order valence-electron chi connectivity index (χ0n) is 9.92. The summed E-state index contributed by atoms with van der Waals surface area (Å²) in [7, 11) is 1.67. The van der Waals surface area contributed by atoms with Crippen LogP contribution in [0, 0.1) is 0 Å². The molecule has 1 N–H and O–H groups in total. The number of rotatable bonds is 5. The molecule has 0 saturated carbocycles. The highest BCUT2D eigenvalue weighted by molar-refractivity contribution is 7.09. The summed E-state index contributed by atoms with van der Waals surface area (Å²) in [4.78, 5) is 26.4. The maximum absolute atomic E-state index is 11.9. The van der Waals surface area contributed by atoms with Gasteiger partial charge in [-0.05, 0) is 18.4 Å². The van der Waals surface area contributed by atoms with Crippen LogP contribution in [0.1, 0.15) is 11.8 Å². The zero-order valence-corrected chi connectivity index (χ0v) is 10.7. The molecule has 0 saturated heterocycles. The van der Waals surface area contributed by atoms with E-state index in [2.05, 4.69) is 0 Å². The number of urea groups is 1. The Kier molecular flexibility index (Phi) is 4.96. The van der Waals surface area contributed by atoms with Crippen LogP contribution < -0.4 is 0 Å². The van der Waals surface area contributed by atoms with Crippen LogP contribution in [-0.2, 0) is 11.3 Å². The summed E-state index contributed by atoms with van der Waals surface area (Å²) in [6.07, 6.45) is 0. The first-order chi connectivity index (χ1) is 8.04. The number of carbonyl (C=O) groups excluding carboxylic acids is 1. The average Bonchev–Trinajstić information content (AvgIpc) is 2.77. The minimum Gasteiger partial charge on any atom is -0.480 e. The van der Waals surface area contributed by atoms with E-state index in [0.29, 0.717) is 13.1 Å². The molecule has 0 atom stereocenters. The number of hydrogen-bond donors (Lipinski definition) is 1. The number of carboxylic acids is 1. The van der Waals surface area contributed by atoms with Crippen LogP contribution >= 0.6 is 11.3 Å². The van der Waals surface area contributed by atoms with Gasteiger partial charge >= 0.3 is 12.0 Å². The fourth-order valence-corrected chi connectivity index (χ4v) is 2.18. The van der Waals surface area contributed by atoms with E-state index in [9.17, 15) is 9.59 Å². The van der Waals surface area contributed by atoms with Gasteiger partial charge in [-0.1, -0.05) is 6.07 Å². The largest absolute Gasteiger partial charge is 0.480 e. The number of thiophene rings is 1. The van der Waals surface area contributed by atoms with Gasteiger partial charge in [-0.25, -0.2) is 4.79 Å². The molecule has 0 bridgehead atoms. The molecule has 2 amide bonds. The number of carboxylic acid groups (broad SMARTS) is 1. The van der Waals surface area contributed by atoms with Gasteiger partial charge in [0.1, 0.15) is 6.54 Å². The molecule has 5 nitrogen and oxygen atoms in total. The van der Waals surface area contributed by atoms with Gasteiger partial charge in [-0.2, -0.15) is 0 Å². The minimum absolute atomic E-state index is 0.260. The molecule has 0 aliphatic carbocycles. The van der Waals surface area contributed by atoms with Crippen LogP contribution in [0.3, 0.4) is 0 Å². The van der Waals surface area contributed by atoms with Crippen molar-refractivity contribution >= 4 is 23.3 Å². The third-order valence-corrected chi connectivity index (χ3v) is 3.14. The predicted molar refractivity (Wildman–Crippen MR) is 66.1 cm³/mol. The highest BCUT2D eigenvalue weighted by atomic mass is 32.1. The van der Waals surface area contributed by atoms with Gasteiger partial charge in [0.15, 0.2) is 0 Å². The van der Waals surface area contributed by atoms with Gasteiger partial charge in [0, 0.05) is 18.5 Å². The second-order valence-corrected chi connectivity index (χ2v) is 4.66. The monoisotopic (exact) mass is 256 g/mol. The van der Waals surface area contributed by atoms with Gasteiger partial charge in [0.2, 0.25) is 0 Å². The third kappa shape index (κ3) is 4.07. The van der Waals surface area contributed by atoms with E-state index < -0.39 is 5.97 Å². The second kappa shape index (κ2) is 6.24. The lowest BCUT2D eigenvalue weighted by molar-refractivity contribution is -0.137. The molecule has 0 aliphatic rings. The molecule has 0 unspecified atom stereocenters. The van der Waals surface area contributed by atoms with E-state index in [0.717, 1.165) is 4.88 Å². The number of carbonyl (C=O) groups is 2. The highest BCUT2D eigenvalue weighted by Crippen LogP contribution is 2.11. The number of aliphatic carboxylic acids is 1. The van der Waals surface area contributed by atoms with Crippen molar-refractivity contribution in [1.82, 2.24) is 9.80 Å². The molecule has 1 aromatic heterocycles. The molecule has 17 heavy (non-hydrogen) atoms. The summed E-state index contributed by atoms with van der Waals surface area (Å²) in [5.74, 6) is -0.996. The van der Waals surface area contributed by atoms with Crippen LogP contribution in [0.4, 0.5) is 4.79 Å². The predicted octanol–water partition coefficient (Wildman–Crippen LogP) is 1.71. The Bertz CT molecular complexity index is 378. The summed E-state index contributed by atoms with van der Waals surface area (Å²) in [6.45, 7) is 2.40. The number of nitrogens with zero attached hydrogens (tertiary/aromatic N) is 2. The zero-order chi connectivity index (χ0) is 12.8. The SMILES string of the molecule is CCN(CC(=O)O)C(=O)N(C)Cc1cccs1. The first-order valence-electron chi connectivity index (χ1n) is 5.28. The molecule has 1 heterocycles. The van der Waals surface area contributed by atoms with Crippen molar-refractivity contribution in [3.05, 3.63) is 22.4 Å². The van der Waals surface area contributed by atoms with E-state index in [1.165, 1.54) is 9.80 Å². The van der Waals surface area contributed by atoms with Crippen molar-refractivity contribution in [2.75, 3.05) is 20.1 Å². The summed E-state index contributed by atoms with van der Waals surface area (Å²) in [6, 6.07) is 3.61. The number of hydrogen-bond acceptors (Lipinski definition) is 3. The van der Waals surface area contributed by atoms with Gasteiger partial charge < -0.3 is 14.9 Å². The highest BCUT2D eigenvalue weighted by Gasteiger charge is 2.18. The topological polar surface area (TPSA) is 60.9 Å². The van der Waals surface area contributed by atoms with Crippen molar-refractivity contribution in [3.8, 4) is 0 Å². The molecule has 6 heteroatoms. The van der Waals surface area contributed by atoms with Crippen molar-refractivity contribution in [3.63, 3.8) is 0 Å². The Balaban J connectivity index is 2.57. The lowest BCUT2D eigenvalue weighted by Gasteiger charge is -2.25. The molecular weight excluding hydrogens is 240 g/mol. The minimum atomic E-state index is -0.996.